The van der Waals surface area contributed by atoms with Crippen molar-refractivity contribution < 1.29 is 35.3 Å². The van der Waals surface area contributed by atoms with Crippen molar-refractivity contribution in [2.75, 3.05) is 0 Å². The smallest absolute Gasteiger partial charge is 0.444 e. The summed E-state index contributed by atoms with van der Waals surface area (Å²) >= 11 is 0. The molecule has 2 unspecified atom stereocenters. The van der Waals surface area contributed by atoms with Crippen molar-refractivity contribution in [2.24, 2.45) is 0 Å². The van der Waals surface area contributed by atoms with Crippen molar-refractivity contribution >= 4 is 45.6 Å². The van der Waals surface area contributed by atoms with E-state index in [0.29, 0.717) is 29.5 Å². The summed E-state index contributed by atoms with van der Waals surface area (Å²) in [5.74, 6) is -0.546. The van der Waals surface area contributed by atoms with Gasteiger partial charge in [0.05, 0.1) is 16.7 Å². The number of hydrogen-bond acceptors (Lipinski definition) is 6. The number of aromatic nitrogens is 1. The minimum Gasteiger partial charge on any atom is -0.444 e. The Morgan fingerprint density at radius 3 is 2.31 bits per heavy atom. The molecule has 13 heteroatoms. The predicted molar refractivity (Wildman–Crippen MR) is 120 cm³/mol. The molecule has 1 aromatic heterocycles. The molecular formula is C19H23F3N2O5P2S. The van der Waals surface area contributed by atoms with Crippen LogP contribution in [0.25, 0.3) is 10.9 Å². The zero-order valence-electron chi connectivity index (χ0n) is 17.5. The molecule has 1 aliphatic carbocycles. The number of amides is 1. The summed E-state index contributed by atoms with van der Waals surface area (Å²) in [6, 6.07) is 5.79. The second-order valence-electron chi connectivity index (χ2n) is 8.49. The largest absolute Gasteiger partial charge is 0.534 e. The van der Waals surface area contributed by atoms with E-state index >= 15 is 0 Å². The number of nitrogens with one attached hydrogen (secondary N) is 1. The van der Waals surface area contributed by atoms with E-state index < -0.39 is 38.6 Å². The third kappa shape index (κ3) is 5.43. The second-order valence-corrected chi connectivity index (χ2v) is 12.2. The molecule has 7 nitrogen and oxygen atoms in total. The molecule has 1 amide bonds. The van der Waals surface area contributed by atoms with Crippen molar-refractivity contribution in [3.63, 3.8) is 0 Å². The average Bonchev–Trinajstić information content (AvgIpc) is 3.37. The van der Waals surface area contributed by atoms with Crippen LogP contribution < -0.4 is 9.50 Å². The lowest BCUT2D eigenvalue weighted by Crippen LogP contribution is -2.39. The first-order valence-corrected chi connectivity index (χ1v) is 12.3. The molecule has 1 aliphatic rings. The number of carbonyl (C=O) groups is 1. The van der Waals surface area contributed by atoms with E-state index in [4.69, 9.17) is 4.74 Å². The monoisotopic (exact) mass is 510 g/mol. The zero-order chi connectivity index (χ0) is 24.1. The van der Waals surface area contributed by atoms with Gasteiger partial charge >= 0.3 is 21.7 Å². The van der Waals surface area contributed by atoms with E-state index in [9.17, 15) is 26.4 Å². The molecule has 176 valence electrons. The third-order valence-electron chi connectivity index (χ3n) is 4.64. The lowest BCUT2D eigenvalue weighted by atomic mass is 9.98. The lowest BCUT2D eigenvalue weighted by molar-refractivity contribution is -0.0500. The molecule has 32 heavy (non-hydrogen) atoms. The number of benzene rings is 1. The number of rotatable bonds is 5. The number of nitrogens with zero attached hydrogens (tertiary/aromatic N) is 1. The fourth-order valence-electron chi connectivity index (χ4n) is 3.11. The van der Waals surface area contributed by atoms with Gasteiger partial charge in [-0.05, 0) is 51.3 Å². The van der Waals surface area contributed by atoms with Gasteiger partial charge in [0.1, 0.15) is 11.4 Å². The zero-order valence-corrected chi connectivity index (χ0v) is 20.6. The first-order chi connectivity index (χ1) is 14.5. The van der Waals surface area contributed by atoms with Gasteiger partial charge in [-0.25, -0.2) is 4.79 Å². The van der Waals surface area contributed by atoms with Crippen molar-refractivity contribution in [3.05, 3.63) is 35.5 Å². The highest BCUT2D eigenvalue weighted by atomic mass is 32.2. The minimum atomic E-state index is -5.88. The molecule has 0 spiro atoms. The molecule has 0 bridgehead atoms. The normalized spacial score (nSPS) is 16.2. The number of hydrogen-bond donors (Lipinski definition) is 1. The van der Waals surface area contributed by atoms with E-state index in [-0.39, 0.29) is 10.9 Å². The third-order valence-corrected chi connectivity index (χ3v) is 6.30. The molecule has 2 aromatic rings. The highest BCUT2D eigenvalue weighted by molar-refractivity contribution is 7.88. The Morgan fingerprint density at radius 2 is 1.81 bits per heavy atom. The van der Waals surface area contributed by atoms with Crippen LogP contribution in [0.2, 0.25) is 0 Å². The van der Waals surface area contributed by atoms with Crippen LogP contribution in [0.15, 0.2) is 24.3 Å². The first-order valence-electron chi connectivity index (χ1n) is 9.51. The van der Waals surface area contributed by atoms with E-state index in [1.807, 2.05) is 0 Å². The van der Waals surface area contributed by atoms with Crippen LogP contribution in [-0.4, -0.2) is 30.6 Å². The van der Waals surface area contributed by atoms with Gasteiger partial charge in [0, 0.05) is 16.9 Å². The second kappa shape index (κ2) is 8.26. The molecule has 0 radical (unpaired) electrons. The van der Waals surface area contributed by atoms with Crippen LogP contribution in [0.3, 0.4) is 0 Å². The predicted octanol–water partition coefficient (Wildman–Crippen LogP) is 4.73. The van der Waals surface area contributed by atoms with Gasteiger partial charge in [-0.3, -0.25) is 4.98 Å². The highest BCUT2D eigenvalue weighted by Gasteiger charge is 2.50. The van der Waals surface area contributed by atoms with Gasteiger partial charge in [0.15, 0.2) is 0 Å². The maximum absolute atomic E-state index is 12.9. The Kier molecular flexibility index (Phi) is 6.44. The van der Waals surface area contributed by atoms with Gasteiger partial charge in [-0.2, -0.15) is 21.6 Å². The molecule has 3 rings (SSSR count). The van der Waals surface area contributed by atoms with E-state index in [1.165, 1.54) is 6.07 Å². The maximum atomic E-state index is 12.9. The van der Waals surface area contributed by atoms with Crippen molar-refractivity contribution in [1.82, 2.24) is 10.3 Å². The number of ether oxygens (including phenoxy) is 1. The average molecular weight is 510 g/mol. The van der Waals surface area contributed by atoms with Gasteiger partial charge in [-0.1, -0.05) is 6.07 Å². The Hall–Kier alpha value is -1.70. The summed E-state index contributed by atoms with van der Waals surface area (Å²) in [5, 5.41) is 3.18. The van der Waals surface area contributed by atoms with Crippen LogP contribution in [0.5, 0.6) is 5.75 Å². The van der Waals surface area contributed by atoms with E-state index in [2.05, 4.69) is 33.0 Å². The number of halogens is 3. The summed E-state index contributed by atoms with van der Waals surface area (Å²) in [5.41, 5.74) is -6.05. The summed E-state index contributed by atoms with van der Waals surface area (Å²) in [6.07, 6.45) is 0.264. The van der Waals surface area contributed by atoms with Crippen LogP contribution in [0.4, 0.5) is 18.0 Å². The highest BCUT2D eigenvalue weighted by Crippen LogP contribution is 2.49. The maximum Gasteiger partial charge on any atom is 0.534 e. The summed E-state index contributed by atoms with van der Waals surface area (Å²) in [6.45, 7) is 5.10. The number of fused-ring (bicyclic) bond motifs is 1. The first kappa shape index (κ1) is 24.9. The molecule has 1 saturated carbocycles. The molecule has 2 atom stereocenters. The van der Waals surface area contributed by atoms with Gasteiger partial charge < -0.3 is 14.2 Å². The Balaban J connectivity index is 2.11. The number of pyridine rings is 1. The molecule has 1 aromatic carbocycles. The molecule has 0 aliphatic heterocycles. The number of alkyl carbamates (subject to hydrolysis) is 1. The number of alkyl halides is 3. The van der Waals surface area contributed by atoms with Crippen molar-refractivity contribution in [3.8, 4) is 5.75 Å². The lowest BCUT2D eigenvalue weighted by Gasteiger charge is -2.25. The quantitative estimate of drug-likeness (QED) is 0.355. The van der Waals surface area contributed by atoms with E-state index in [1.54, 1.807) is 32.9 Å². The molecular weight excluding hydrogens is 487 g/mol. The van der Waals surface area contributed by atoms with Gasteiger partial charge in [0.2, 0.25) is 0 Å². The molecule has 0 saturated heterocycles. The summed E-state index contributed by atoms with van der Waals surface area (Å²) in [4.78, 5) is 16.8. The Morgan fingerprint density at radius 1 is 1.19 bits per heavy atom. The van der Waals surface area contributed by atoms with Crippen LogP contribution in [0.1, 0.15) is 50.3 Å². The summed E-state index contributed by atoms with van der Waals surface area (Å²) < 4.78 is 71.5. The fourth-order valence-corrected chi connectivity index (χ4v) is 3.93. The van der Waals surface area contributed by atoms with Crippen LogP contribution >= 0.6 is 18.5 Å². The molecule has 1 heterocycles. The Labute approximate surface area is 188 Å². The molecule has 1 fully saturated rings. The molecule has 1 N–H and O–H groups in total. The van der Waals surface area contributed by atoms with Crippen LogP contribution in [-0.2, 0) is 20.4 Å². The fraction of sp³-hybridized carbons (Fsp3) is 0.474. The van der Waals surface area contributed by atoms with Crippen molar-refractivity contribution in [2.45, 2.75) is 55.7 Å². The summed E-state index contributed by atoms with van der Waals surface area (Å²) in [7, 11) is -0.842. The number of carbonyl (C=O) groups excluding carboxylic acids is 1. The SMILES string of the molecule is CC(C)(C)OC(=O)NC1(c2cc(OS(=O)(=O)C(F)(F)F)cc3nc(C(P)P)ccc23)CC1. The Bertz CT molecular complexity index is 1160. The van der Waals surface area contributed by atoms with Gasteiger partial charge in [0.25, 0.3) is 0 Å². The minimum absolute atomic E-state index is 0.138. The van der Waals surface area contributed by atoms with E-state index in [0.717, 1.165) is 6.07 Å². The topological polar surface area (TPSA) is 94.6 Å². The van der Waals surface area contributed by atoms with Gasteiger partial charge in [-0.15, -0.1) is 18.5 Å². The van der Waals surface area contributed by atoms with Crippen molar-refractivity contribution in [1.29, 1.82) is 0 Å². The standard InChI is InChI=1S/C19H23F3N2O5P2S/c1-17(2,3)28-16(25)24-18(6-7-18)12-8-10(29-32(26,27)19(20,21)22)9-14-11(12)4-5-13(23-14)15(30)31/h4-5,8-9,15H,6-7,30-31H2,1-3H3,(H,24,25). The van der Waals surface area contributed by atoms with Crippen LogP contribution in [0, 0.1) is 0 Å².